The van der Waals surface area contributed by atoms with E-state index in [1.54, 1.807) is 29.3 Å². The Morgan fingerprint density at radius 1 is 1.56 bits per heavy atom. The predicted molar refractivity (Wildman–Crippen MR) is 69.6 cm³/mol. The van der Waals surface area contributed by atoms with E-state index in [2.05, 4.69) is 10.1 Å². The molecule has 0 aromatic carbocycles. The highest BCUT2D eigenvalue weighted by molar-refractivity contribution is 7.09. The second-order valence-corrected chi connectivity index (χ2v) is 5.02. The quantitative estimate of drug-likeness (QED) is 0.863. The average molecular weight is 267 g/mol. The van der Waals surface area contributed by atoms with E-state index in [4.69, 9.17) is 4.74 Å². The SMILES string of the molecule is COCCn1nccc1C(O)Cc1nc(C)cs1. The Balaban J connectivity index is 2.04. The highest BCUT2D eigenvalue weighted by Crippen LogP contribution is 2.20. The molecule has 5 nitrogen and oxygen atoms in total. The molecule has 0 spiro atoms. The van der Waals surface area contributed by atoms with Gasteiger partial charge >= 0.3 is 0 Å². The monoisotopic (exact) mass is 267 g/mol. The Kier molecular flexibility index (Phi) is 4.46. The van der Waals surface area contributed by atoms with Crippen LogP contribution in [0.3, 0.4) is 0 Å². The molecule has 0 saturated heterocycles. The van der Waals surface area contributed by atoms with Gasteiger partial charge < -0.3 is 9.84 Å². The van der Waals surface area contributed by atoms with E-state index in [-0.39, 0.29) is 0 Å². The minimum Gasteiger partial charge on any atom is -0.386 e. The zero-order chi connectivity index (χ0) is 13.0. The number of rotatable bonds is 6. The van der Waals surface area contributed by atoms with Crippen molar-refractivity contribution in [3.8, 4) is 0 Å². The largest absolute Gasteiger partial charge is 0.386 e. The van der Waals surface area contributed by atoms with E-state index < -0.39 is 6.10 Å². The van der Waals surface area contributed by atoms with Crippen LogP contribution in [0.5, 0.6) is 0 Å². The molecular formula is C12H17N3O2S. The molecule has 0 aliphatic rings. The summed E-state index contributed by atoms with van der Waals surface area (Å²) >= 11 is 1.57. The number of hydrogen-bond donors (Lipinski definition) is 1. The Bertz CT molecular complexity index is 495. The molecule has 0 aliphatic carbocycles. The van der Waals surface area contributed by atoms with Gasteiger partial charge in [-0.25, -0.2) is 4.98 Å². The van der Waals surface area contributed by atoms with Crippen molar-refractivity contribution in [3.63, 3.8) is 0 Å². The molecule has 0 amide bonds. The molecule has 18 heavy (non-hydrogen) atoms. The molecule has 98 valence electrons. The van der Waals surface area contributed by atoms with Crippen LogP contribution >= 0.6 is 11.3 Å². The van der Waals surface area contributed by atoms with Gasteiger partial charge in [-0.3, -0.25) is 4.68 Å². The summed E-state index contributed by atoms with van der Waals surface area (Å²) in [6.07, 6.45) is 1.65. The second kappa shape index (κ2) is 6.08. The van der Waals surface area contributed by atoms with Gasteiger partial charge in [-0.15, -0.1) is 11.3 Å². The van der Waals surface area contributed by atoms with E-state index in [1.807, 2.05) is 18.4 Å². The van der Waals surface area contributed by atoms with Gasteiger partial charge in [0.05, 0.1) is 23.9 Å². The van der Waals surface area contributed by atoms with Gasteiger partial charge in [0.15, 0.2) is 0 Å². The van der Waals surface area contributed by atoms with Gasteiger partial charge in [0.1, 0.15) is 6.10 Å². The number of aliphatic hydroxyl groups is 1. The lowest BCUT2D eigenvalue weighted by molar-refractivity contribution is 0.153. The van der Waals surface area contributed by atoms with Crippen LogP contribution in [0.15, 0.2) is 17.6 Å². The second-order valence-electron chi connectivity index (χ2n) is 4.07. The van der Waals surface area contributed by atoms with Crippen LogP contribution in [-0.2, 0) is 17.7 Å². The fourth-order valence-corrected chi connectivity index (χ4v) is 2.57. The molecule has 0 radical (unpaired) electrons. The Morgan fingerprint density at radius 3 is 3.06 bits per heavy atom. The number of hydrogen-bond acceptors (Lipinski definition) is 5. The van der Waals surface area contributed by atoms with Crippen molar-refractivity contribution in [2.24, 2.45) is 0 Å². The average Bonchev–Trinajstić information content (AvgIpc) is 2.95. The summed E-state index contributed by atoms with van der Waals surface area (Å²) in [6.45, 7) is 3.18. The predicted octanol–water partition coefficient (Wildman–Crippen LogP) is 1.57. The number of thiazole rings is 1. The standard InChI is InChI=1S/C12H17N3O2S/c1-9-8-18-12(14-9)7-11(16)10-3-4-13-15(10)5-6-17-2/h3-4,8,11,16H,5-7H2,1-2H3. The molecule has 1 atom stereocenters. The molecule has 1 N–H and O–H groups in total. The number of ether oxygens (including phenoxy) is 1. The van der Waals surface area contributed by atoms with Crippen LogP contribution in [-0.4, -0.2) is 33.6 Å². The summed E-state index contributed by atoms with van der Waals surface area (Å²) in [5, 5.41) is 17.3. The lowest BCUT2D eigenvalue weighted by Crippen LogP contribution is -2.13. The lowest BCUT2D eigenvalue weighted by Gasteiger charge is -2.12. The summed E-state index contributed by atoms with van der Waals surface area (Å²) in [5.41, 5.74) is 1.80. The Hall–Kier alpha value is -1.24. The first-order valence-electron chi connectivity index (χ1n) is 5.80. The molecule has 2 aromatic heterocycles. The summed E-state index contributed by atoms with van der Waals surface area (Å²) in [6, 6.07) is 1.83. The Morgan fingerprint density at radius 2 is 2.39 bits per heavy atom. The van der Waals surface area contributed by atoms with Crippen molar-refractivity contribution in [3.05, 3.63) is 34.0 Å². The fraction of sp³-hybridized carbons (Fsp3) is 0.500. The molecule has 6 heteroatoms. The highest BCUT2D eigenvalue weighted by atomic mass is 32.1. The number of aliphatic hydroxyl groups excluding tert-OH is 1. The van der Waals surface area contributed by atoms with Crippen LogP contribution in [0.25, 0.3) is 0 Å². The minimum absolute atomic E-state index is 0.525. The van der Waals surface area contributed by atoms with E-state index in [1.165, 1.54) is 0 Å². The molecule has 0 fully saturated rings. The first-order chi connectivity index (χ1) is 8.70. The van der Waals surface area contributed by atoms with Crippen molar-refractivity contribution < 1.29 is 9.84 Å². The van der Waals surface area contributed by atoms with E-state index in [0.29, 0.717) is 19.6 Å². The molecule has 2 heterocycles. The summed E-state index contributed by atoms with van der Waals surface area (Å²) < 4.78 is 6.79. The number of nitrogens with zero attached hydrogens (tertiary/aromatic N) is 3. The molecular weight excluding hydrogens is 250 g/mol. The highest BCUT2D eigenvalue weighted by Gasteiger charge is 2.15. The third-order valence-corrected chi connectivity index (χ3v) is 3.62. The van der Waals surface area contributed by atoms with Gasteiger partial charge in [-0.1, -0.05) is 0 Å². The first kappa shape index (κ1) is 13.2. The van der Waals surface area contributed by atoms with Crippen LogP contribution in [0, 0.1) is 6.92 Å². The minimum atomic E-state index is -0.574. The van der Waals surface area contributed by atoms with Gasteiger partial charge in [0, 0.05) is 30.8 Å². The zero-order valence-electron chi connectivity index (χ0n) is 10.5. The smallest absolute Gasteiger partial charge is 0.102 e. The molecule has 1 unspecified atom stereocenters. The van der Waals surface area contributed by atoms with Gasteiger partial charge in [-0.05, 0) is 13.0 Å². The maximum Gasteiger partial charge on any atom is 0.102 e. The zero-order valence-corrected chi connectivity index (χ0v) is 11.4. The summed E-state index contributed by atoms with van der Waals surface area (Å²) in [5.74, 6) is 0. The third-order valence-electron chi connectivity index (χ3n) is 2.63. The molecule has 0 aliphatic heterocycles. The molecule has 2 aromatic rings. The molecule has 0 bridgehead atoms. The van der Waals surface area contributed by atoms with Crippen LogP contribution in [0.1, 0.15) is 22.5 Å². The first-order valence-corrected chi connectivity index (χ1v) is 6.68. The van der Waals surface area contributed by atoms with Gasteiger partial charge in [0.2, 0.25) is 0 Å². The summed E-state index contributed by atoms with van der Waals surface area (Å²) in [7, 11) is 1.65. The maximum atomic E-state index is 10.2. The lowest BCUT2D eigenvalue weighted by atomic mass is 10.2. The maximum absolute atomic E-state index is 10.2. The van der Waals surface area contributed by atoms with Gasteiger partial charge in [0.25, 0.3) is 0 Å². The Labute approximate surface area is 110 Å². The number of aryl methyl sites for hydroxylation is 1. The topological polar surface area (TPSA) is 60.2 Å². The summed E-state index contributed by atoms with van der Waals surface area (Å²) in [4.78, 5) is 4.36. The van der Waals surface area contributed by atoms with Crippen molar-refractivity contribution in [2.75, 3.05) is 13.7 Å². The van der Waals surface area contributed by atoms with E-state index >= 15 is 0 Å². The van der Waals surface area contributed by atoms with Crippen LogP contribution in [0.2, 0.25) is 0 Å². The van der Waals surface area contributed by atoms with E-state index in [9.17, 15) is 5.11 Å². The van der Waals surface area contributed by atoms with Crippen molar-refractivity contribution in [1.82, 2.24) is 14.8 Å². The third kappa shape index (κ3) is 3.16. The fourth-order valence-electron chi connectivity index (χ4n) is 1.76. The van der Waals surface area contributed by atoms with Crippen molar-refractivity contribution in [2.45, 2.75) is 26.0 Å². The van der Waals surface area contributed by atoms with Crippen LogP contribution < -0.4 is 0 Å². The van der Waals surface area contributed by atoms with Crippen molar-refractivity contribution >= 4 is 11.3 Å². The number of aromatic nitrogens is 3. The molecule has 2 rings (SSSR count). The number of methoxy groups -OCH3 is 1. The van der Waals surface area contributed by atoms with Crippen molar-refractivity contribution in [1.29, 1.82) is 0 Å². The van der Waals surface area contributed by atoms with Crippen LogP contribution in [0.4, 0.5) is 0 Å². The van der Waals surface area contributed by atoms with Gasteiger partial charge in [-0.2, -0.15) is 5.10 Å². The molecule has 0 saturated carbocycles. The normalized spacial score (nSPS) is 12.8. The van der Waals surface area contributed by atoms with E-state index in [0.717, 1.165) is 16.4 Å².